The molecule has 0 fully saturated rings. The summed E-state index contributed by atoms with van der Waals surface area (Å²) in [4.78, 5) is 0. The van der Waals surface area contributed by atoms with Gasteiger partial charge < -0.3 is 10.4 Å². The minimum atomic E-state index is -0.135. The van der Waals surface area contributed by atoms with Crippen molar-refractivity contribution in [3.63, 3.8) is 0 Å². The molecule has 3 atom stereocenters. The molecule has 2 N–H and O–H groups in total. The number of allylic oxidation sites excluding steroid dienone is 1. The molecular weight excluding hydrogens is 186 g/mol. The van der Waals surface area contributed by atoms with E-state index in [1.165, 1.54) is 0 Å². The Morgan fingerprint density at radius 3 is 2.47 bits per heavy atom. The number of rotatable bonds is 8. The fraction of sp³-hybridized carbons (Fsp3) is 0.846. The first kappa shape index (κ1) is 14.7. The van der Waals surface area contributed by atoms with Crippen molar-refractivity contribution in [3.8, 4) is 0 Å². The standard InChI is InChI=1S/C13H27NO/c1-6-8-11(3)12(4)14-13(5,10-15)9-7-2/h6,11-12,14-15H,1,7-10H2,2-5H3. The molecule has 3 unspecified atom stereocenters. The Morgan fingerprint density at radius 1 is 1.47 bits per heavy atom. The van der Waals surface area contributed by atoms with Gasteiger partial charge in [-0.15, -0.1) is 6.58 Å². The van der Waals surface area contributed by atoms with Crippen molar-refractivity contribution in [2.45, 2.75) is 58.5 Å². The van der Waals surface area contributed by atoms with Gasteiger partial charge in [0.2, 0.25) is 0 Å². The molecule has 0 aliphatic rings. The minimum Gasteiger partial charge on any atom is -0.394 e. The van der Waals surface area contributed by atoms with Gasteiger partial charge in [0.05, 0.1) is 6.61 Å². The molecule has 0 aromatic heterocycles. The summed E-state index contributed by atoms with van der Waals surface area (Å²) in [6.45, 7) is 12.6. The summed E-state index contributed by atoms with van der Waals surface area (Å²) in [6, 6.07) is 0.409. The second-order valence-electron chi connectivity index (χ2n) is 4.90. The molecule has 0 spiro atoms. The van der Waals surface area contributed by atoms with Crippen LogP contribution >= 0.6 is 0 Å². The Labute approximate surface area is 94.8 Å². The third kappa shape index (κ3) is 5.33. The highest BCUT2D eigenvalue weighted by Crippen LogP contribution is 2.16. The van der Waals surface area contributed by atoms with Crippen LogP contribution in [0.3, 0.4) is 0 Å². The average molecular weight is 213 g/mol. The molecule has 0 aliphatic heterocycles. The zero-order valence-corrected chi connectivity index (χ0v) is 10.7. The fourth-order valence-corrected chi connectivity index (χ4v) is 1.91. The van der Waals surface area contributed by atoms with E-state index in [-0.39, 0.29) is 12.1 Å². The van der Waals surface area contributed by atoms with Crippen molar-refractivity contribution in [3.05, 3.63) is 12.7 Å². The monoisotopic (exact) mass is 213 g/mol. The Bertz CT molecular complexity index is 181. The summed E-state index contributed by atoms with van der Waals surface area (Å²) in [5, 5.41) is 12.9. The molecule has 0 saturated carbocycles. The van der Waals surface area contributed by atoms with E-state index in [0.717, 1.165) is 19.3 Å². The van der Waals surface area contributed by atoms with E-state index in [4.69, 9.17) is 0 Å². The summed E-state index contributed by atoms with van der Waals surface area (Å²) in [5.41, 5.74) is -0.135. The lowest BCUT2D eigenvalue weighted by molar-refractivity contribution is 0.143. The maximum absolute atomic E-state index is 9.39. The van der Waals surface area contributed by atoms with E-state index in [2.05, 4.69) is 39.6 Å². The lowest BCUT2D eigenvalue weighted by atomic mass is 9.92. The van der Waals surface area contributed by atoms with Gasteiger partial charge in [0.15, 0.2) is 0 Å². The molecule has 0 bridgehead atoms. The molecule has 0 radical (unpaired) electrons. The van der Waals surface area contributed by atoms with Crippen LogP contribution in [0.4, 0.5) is 0 Å². The highest BCUT2D eigenvalue weighted by molar-refractivity contribution is 4.87. The predicted octanol–water partition coefficient (Wildman–Crippen LogP) is 2.73. The zero-order chi connectivity index (χ0) is 11.9. The summed E-state index contributed by atoms with van der Waals surface area (Å²) in [7, 11) is 0. The molecule has 90 valence electrons. The number of nitrogens with one attached hydrogen (secondary N) is 1. The third-order valence-electron chi connectivity index (χ3n) is 3.12. The van der Waals surface area contributed by atoms with E-state index in [0.29, 0.717) is 12.0 Å². The largest absolute Gasteiger partial charge is 0.394 e. The minimum absolute atomic E-state index is 0.135. The first-order valence-corrected chi connectivity index (χ1v) is 5.98. The second-order valence-corrected chi connectivity index (χ2v) is 4.90. The number of hydrogen-bond acceptors (Lipinski definition) is 2. The first-order valence-electron chi connectivity index (χ1n) is 5.98. The van der Waals surface area contributed by atoms with Crippen LogP contribution in [0, 0.1) is 5.92 Å². The van der Waals surface area contributed by atoms with Crippen molar-refractivity contribution < 1.29 is 5.11 Å². The lowest BCUT2D eigenvalue weighted by Crippen LogP contribution is -2.51. The Kier molecular flexibility index (Phi) is 6.86. The van der Waals surface area contributed by atoms with Crippen LogP contribution in [0.25, 0.3) is 0 Å². The van der Waals surface area contributed by atoms with Crippen LogP contribution in [0.5, 0.6) is 0 Å². The number of aliphatic hydroxyl groups is 1. The molecule has 0 aromatic carbocycles. The van der Waals surface area contributed by atoms with Gasteiger partial charge in [-0.3, -0.25) is 0 Å². The molecule has 15 heavy (non-hydrogen) atoms. The molecule has 2 nitrogen and oxygen atoms in total. The van der Waals surface area contributed by atoms with Crippen LogP contribution in [0.1, 0.15) is 47.0 Å². The number of aliphatic hydroxyl groups excluding tert-OH is 1. The number of hydrogen-bond donors (Lipinski definition) is 2. The van der Waals surface area contributed by atoms with Gasteiger partial charge in [0, 0.05) is 11.6 Å². The second kappa shape index (κ2) is 7.02. The molecule has 0 amide bonds. The van der Waals surface area contributed by atoms with Crippen molar-refractivity contribution in [1.82, 2.24) is 5.32 Å². The highest BCUT2D eigenvalue weighted by atomic mass is 16.3. The summed E-state index contributed by atoms with van der Waals surface area (Å²) in [5.74, 6) is 0.560. The van der Waals surface area contributed by atoms with Gasteiger partial charge in [0.25, 0.3) is 0 Å². The summed E-state index contributed by atoms with van der Waals surface area (Å²) in [6.07, 6.45) is 5.07. The van der Waals surface area contributed by atoms with Crippen LogP contribution < -0.4 is 5.32 Å². The van der Waals surface area contributed by atoms with E-state index in [1.807, 2.05) is 6.08 Å². The third-order valence-corrected chi connectivity index (χ3v) is 3.12. The van der Waals surface area contributed by atoms with Crippen molar-refractivity contribution in [2.24, 2.45) is 5.92 Å². The van der Waals surface area contributed by atoms with Gasteiger partial charge >= 0.3 is 0 Å². The molecule has 0 saturated heterocycles. The van der Waals surface area contributed by atoms with Crippen LogP contribution in [0.2, 0.25) is 0 Å². The van der Waals surface area contributed by atoms with Crippen molar-refractivity contribution in [2.75, 3.05) is 6.61 Å². The summed E-state index contributed by atoms with van der Waals surface area (Å²) >= 11 is 0. The average Bonchev–Trinajstić information content (AvgIpc) is 2.18. The van der Waals surface area contributed by atoms with Gasteiger partial charge in [0.1, 0.15) is 0 Å². The van der Waals surface area contributed by atoms with E-state index in [1.54, 1.807) is 0 Å². The molecule has 0 heterocycles. The maximum Gasteiger partial charge on any atom is 0.0610 e. The molecule has 0 aromatic rings. The van der Waals surface area contributed by atoms with Gasteiger partial charge in [-0.1, -0.05) is 26.3 Å². The maximum atomic E-state index is 9.39. The molecule has 0 aliphatic carbocycles. The lowest BCUT2D eigenvalue weighted by Gasteiger charge is -2.34. The quantitative estimate of drug-likeness (QED) is 0.608. The first-order chi connectivity index (χ1) is 6.99. The SMILES string of the molecule is C=CCC(C)C(C)NC(C)(CO)CCC. The Morgan fingerprint density at radius 2 is 2.07 bits per heavy atom. The van der Waals surface area contributed by atoms with Crippen LogP contribution in [-0.2, 0) is 0 Å². The predicted molar refractivity (Wildman–Crippen MR) is 67.0 cm³/mol. The Hall–Kier alpha value is -0.340. The van der Waals surface area contributed by atoms with Gasteiger partial charge in [-0.2, -0.15) is 0 Å². The van der Waals surface area contributed by atoms with Crippen LogP contribution in [-0.4, -0.2) is 23.3 Å². The topological polar surface area (TPSA) is 32.3 Å². The van der Waals surface area contributed by atoms with Gasteiger partial charge in [-0.05, 0) is 32.6 Å². The smallest absolute Gasteiger partial charge is 0.0610 e. The molecular formula is C13H27NO. The normalized spacial score (nSPS) is 19.3. The van der Waals surface area contributed by atoms with E-state index in [9.17, 15) is 5.11 Å². The van der Waals surface area contributed by atoms with Crippen molar-refractivity contribution >= 4 is 0 Å². The fourth-order valence-electron chi connectivity index (χ4n) is 1.91. The van der Waals surface area contributed by atoms with E-state index >= 15 is 0 Å². The van der Waals surface area contributed by atoms with Crippen LogP contribution in [0.15, 0.2) is 12.7 Å². The Balaban J connectivity index is 4.21. The van der Waals surface area contributed by atoms with E-state index < -0.39 is 0 Å². The zero-order valence-electron chi connectivity index (χ0n) is 10.7. The van der Waals surface area contributed by atoms with Gasteiger partial charge in [-0.25, -0.2) is 0 Å². The molecule has 0 rings (SSSR count). The van der Waals surface area contributed by atoms with Crippen molar-refractivity contribution in [1.29, 1.82) is 0 Å². The molecule has 2 heteroatoms. The highest BCUT2D eigenvalue weighted by Gasteiger charge is 2.25. The summed E-state index contributed by atoms with van der Waals surface area (Å²) < 4.78 is 0.